The van der Waals surface area contributed by atoms with E-state index < -0.39 is 0 Å². The van der Waals surface area contributed by atoms with Crippen LogP contribution in [-0.4, -0.2) is 26.2 Å². The molecule has 82 valence electrons. The fraction of sp³-hybridized carbons (Fsp3) is 0.500. The fourth-order valence-corrected chi connectivity index (χ4v) is 1.93. The maximum absolute atomic E-state index is 13.8. The Labute approximate surface area is 90.1 Å². The number of hydrogen-bond acceptors (Lipinski definition) is 2. The Morgan fingerprint density at radius 1 is 1.33 bits per heavy atom. The lowest BCUT2D eigenvalue weighted by Gasteiger charge is -2.29. The summed E-state index contributed by atoms with van der Waals surface area (Å²) < 4.78 is 13.8. The first-order chi connectivity index (χ1) is 7.31. The minimum absolute atomic E-state index is 0.0868. The molecule has 0 aromatic heterocycles. The number of hydrogen-bond donors (Lipinski definition) is 1. The molecule has 1 fully saturated rings. The number of nitrogens with zero attached hydrogens (tertiary/aromatic N) is 1. The van der Waals surface area contributed by atoms with Gasteiger partial charge in [0.05, 0.1) is 5.69 Å². The molecule has 1 aromatic rings. The van der Waals surface area contributed by atoms with Crippen LogP contribution in [0.15, 0.2) is 18.2 Å². The van der Waals surface area contributed by atoms with Crippen molar-refractivity contribution in [3.05, 3.63) is 29.6 Å². The minimum Gasteiger partial charge on any atom is -0.367 e. The molecule has 0 saturated carbocycles. The highest BCUT2D eigenvalue weighted by molar-refractivity contribution is 5.49. The highest BCUT2D eigenvalue weighted by Crippen LogP contribution is 2.21. The number of halogens is 1. The highest BCUT2D eigenvalue weighted by Gasteiger charge is 2.14. The van der Waals surface area contributed by atoms with Crippen LogP contribution in [0, 0.1) is 5.82 Å². The third-order valence-electron chi connectivity index (χ3n) is 2.88. The third-order valence-corrected chi connectivity index (χ3v) is 2.88. The lowest BCUT2D eigenvalue weighted by Crippen LogP contribution is -2.43. The summed E-state index contributed by atoms with van der Waals surface area (Å²) in [5.41, 5.74) is 1.81. The molecule has 1 N–H and O–H groups in total. The number of benzene rings is 1. The maximum atomic E-state index is 13.8. The second-order valence-electron chi connectivity index (χ2n) is 3.88. The number of aryl methyl sites for hydroxylation is 1. The summed E-state index contributed by atoms with van der Waals surface area (Å²) in [6, 6.07) is 5.57. The summed E-state index contributed by atoms with van der Waals surface area (Å²) in [7, 11) is 0. The summed E-state index contributed by atoms with van der Waals surface area (Å²) in [5, 5.41) is 3.26. The first kappa shape index (κ1) is 10.4. The molecule has 1 aliphatic rings. The molecule has 0 atom stereocenters. The Bertz CT molecular complexity index is 332. The molecule has 0 radical (unpaired) electrons. The Balaban J connectivity index is 2.19. The van der Waals surface area contributed by atoms with Crippen LogP contribution in [-0.2, 0) is 6.42 Å². The second kappa shape index (κ2) is 4.62. The summed E-state index contributed by atoms with van der Waals surface area (Å²) in [6.45, 7) is 5.70. The minimum atomic E-state index is -0.0868. The predicted octanol–water partition coefficient (Wildman–Crippen LogP) is 1.80. The molecule has 1 saturated heterocycles. The molecule has 0 aliphatic carbocycles. The van der Waals surface area contributed by atoms with Crippen LogP contribution in [0.1, 0.15) is 12.5 Å². The Kier molecular flexibility index (Phi) is 3.21. The van der Waals surface area contributed by atoms with Gasteiger partial charge in [-0.3, -0.25) is 0 Å². The van der Waals surface area contributed by atoms with Crippen molar-refractivity contribution in [1.29, 1.82) is 0 Å². The van der Waals surface area contributed by atoms with Gasteiger partial charge in [-0.05, 0) is 24.1 Å². The zero-order valence-corrected chi connectivity index (χ0v) is 9.09. The van der Waals surface area contributed by atoms with Crippen LogP contribution in [0.25, 0.3) is 0 Å². The molecule has 0 amide bonds. The fourth-order valence-electron chi connectivity index (χ4n) is 1.93. The highest BCUT2D eigenvalue weighted by atomic mass is 19.1. The average molecular weight is 208 g/mol. The molecule has 0 unspecified atom stereocenters. The van der Waals surface area contributed by atoms with E-state index >= 15 is 0 Å². The number of rotatable bonds is 2. The lowest BCUT2D eigenvalue weighted by atomic mass is 10.1. The van der Waals surface area contributed by atoms with Gasteiger partial charge in [0.1, 0.15) is 5.82 Å². The van der Waals surface area contributed by atoms with E-state index in [0.717, 1.165) is 43.9 Å². The molecular weight excluding hydrogens is 191 g/mol. The molecule has 0 spiro atoms. The molecule has 3 heteroatoms. The van der Waals surface area contributed by atoms with E-state index in [0.29, 0.717) is 0 Å². The van der Waals surface area contributed by atoms with Gasteiger partial charge < -0.3 is 10.2 Å². The van der Waals surface area contributed by atoms with Gasteiger partial charge in [0.15, 0.2) is 0 Å². The lowest BCUT2D eigenvalue weighted by molar-refractivity contribution is 0.565. The van der Waals surface area contributed by atoms with Gasteiger partial charge in [0, 0.05) is 26.2 Å². The van der Waals surface area contributed by atoms with E-state index in [1.165, 1.54) is 0 Å². The zero-order chi connectivity index (χ0) is 10.7. The molecule has 2 nitrogen and oxygen atoms in total. The normalized spacial score (nSPS) is 16.8. The van der Waals surface area contributed by atoms with E-state index in [-0.39, 0.29) is 5.82 Å². The average Bonchev–Trinajstić information content (AvgIpc) is 2.30. The largest absolute Gasteiger partial charge is 0.367 e. The molecule has 1 aliphatic heterocycles. The Morgan fingerprint density at radius 3 is 2.67 bits per heavy atom. The van der Waals surface area contributed by atoms with Crippen LogP contribution >= 0.6 is 0 Å². The standard InChI is InChI=1S/C12H17FN2/c1-2-10-3-4-12(11(13)9-10)15-7-5-14-6-8-15/h3-4,9,14H,2,5-8H2,1H3. The number of anilines is 1. The molecule has 0 bridgehead atoms. The van der Waals surface area contributed by atoms with E-state index in [9.17, 15) is 4.39 Å². The summed E-state index contributed by atoms with van der Waals surface area (Å²) in [6.07, 6.45) is 0.888. The quantitative estimate of drug-likeness (QED) is 0.797. The van der Waals surface area contributed by atoms with Crippen LogP contribution < -0.4 is 10.2 Å². The van der Waals surface area contributed by atoms with Crippen molar-refractivity contribution in [2.24, 2.45) is 0 Å². The molecule has 1 aromatic carbocycles. The van der Waals surface area contributed by atoms with Crippen molar-refractivity contribution in [3.8, 4) is 0 Å². The van der Waals surface area contributed by atoms with Gasteiger partial charge in [-0.15, -0.1) is 0 Å². The third kappa shape index (κ3) is 2.29. The van der Waals surface area contributed by atoms with Gasteiger partial charge in [0.25, 0.3) is 0 Å². The van der Waals surface area contributed by atoms with Crippen LogP contribution in [0.2, 0.25) is 0 Å². The summed E-state index contributed by atoms with van der Waals surface area (Å²) in [5.74, 6) is -0.0868. The number of nitrogens with one attached hydrogen (secondary N) is 1. The van der Waals surface area contributed by atoms with Crippen molar-refractivity contribution in [2.75, 3.05) is 31.1 Å². The monoisotopic (exact) mass is 208 g/mol. The Hall–Kier alpha value is -1.09. The smallest absolute Gasteiger partial charge is 0.146 e. The molecule has 15 heavy (non-hydrogen) atoms. The van der Waals surface area contributed by atoms with Crippen molar-refractivity contribution >= 4 is 5.69 Å². The maximum Gasteiger partial charge on any atom is 0.146 e. The van der Waals surface area contributed by atoms with Crippen LogP contribution in [0.5, 0.6) is 0 Å². The van der Waals surface area contributed by atoms with Gasteiger partial charge in [-0.2, -0.15) is 0 Å². The van der Waals surface area contributed by atoms with Crippen molar-refractivity contribution in [3.63, 3.8) is 0 Å². The first-order valence-electron chi connectivity index (χ1n) is 5.55. The number of piperazine rings is 1. The van der Waals surface area contributed by atoms with Gasteiger partial charge >= 0.3 is 0 Å². The van der Waals surface area contributed by atoms with Crippen LogP contribution in [0.3, 0.4) is 0 Å². The van der Waals surface area contributed by atoms with Gasteiger partial charge in [-0.1, -0.05) is 13.0 Å². The van der Waals surface area contributed by atoms with E-state index in [1.54, 1.807) is 6.07 Å². The van der Waals surface area contributed by atoms with Crippen molar-refractivity contribution in [2.45, 2.75) is 13.3 Å². The molecular formula is C12H17FN2. The van der Waals surface area contributed by atoms with E-state index in [2.05, 4.69) is 10.2 Å². The van der Waals surface area contributed by atoms with Gasteiger partial charge in [-0.25, -0.2) is 4.39 Å². The summed E-state index contributed by atoms with van der Waals surface area (Å²) in [4.78, 5) is 2.10. The zero-order valence-electron chi connectivity index (χ0n) is 9.09. The molecule has 1 heterocycles. The second-order valence-corrected chi connectivity index (χ2v) is 3.88. The summed E-state index contributed by atoms with van der Waals surface area (Å²) >= 11 is 0. The van der Waals surface area contributed by atoms with E-state index in [4.69, 9.17) is 0 Å². The predicted molar refractivity (Wildman–Crippen MR) is 60.9 cm³/mol. The SMILES string of the molecule is CCc1ccc(N2CCNCC2)c(F)c1. The molecule has 2 rings (SSSR count). The van der Waals surface area contributed by atoms with Crippen molar-refractivity contribution < 1.29 is 4.39 Å². The van der Waals surface area contributed by atoms with E-state index in [1.807, 2.05) is 19.1 Å². The van der Waals surface area contributed by atoms with Gasteiger partial charge in [0.2, 0.25) is 0 Å². The van der Waals surface area contributed by atoms with Crippen molar-refractivity contribution in [1.82, 2.24) is 5.32 Å². The van der Waals surface area contributed by atoms with Crippen LogP contribution in [0.4, 0.5) is 10.1 Å². The topological polar surface area (TPSA) is 15.3 Å². The Morgan fingerprint density at radius 2 is 2.07 bits per heavy atom. The first-order valence-corrected chi connectivity index (χ1v) is 5.55.